The second-order valence-electron chi connectivity index (χ2n) is 8.65. The molecule has 9 heteroatoms. The maximum Gasteiger partial charge on any atom is 0.326 e. The minimum absolute atomic E-state index is 0.0262. The molecule has 5 rings (SSSR count). The predicted molar refractivity (Wildman–Crippen MR) is 130 cm³/mol. The third-order valence-corrected chi connectivity index (χ3v) is 6.77. The maximum atomic E-state index is 14.2. The number of amides is 3. The fourth-order valence-corrected chi connectivity index (χ4v) is 5.11. The Labute approximate surface area is 201 Å². The summed E-state index contributed by atoms with van der Waals surface area (Å²) in [6, 6.07) is 12.8. The molecule has 2 unspecified atom stereocenters. The van der Waals surface area contributed by atoms with E-state index in [2.05, 4.69) is 16.0 Å². The summed E-state index contributed by atoms with van der Waals surface area (Å²) in [5, 5.41) is 9.53. The lowest BCUT2D eigenvalue weighted by molar-refractivity contribution is 0.0951. The Morgan fingerprint density at radius 1 is 1.18 bits per heavy atom. The Balaban J connectivity index is 1.59. The largest absolute Gasteiger partial charge is 0.354 e. The number of halogens is 2. The van der Waals surface area contributed by atoms with Crippen LogP contribution in [0, 0.1) is 5.82 Å². The Morgan fingerprint density at radius 2 is 1.97 bits per heavy atom. The van der Waals surface area contributed by atoms with Crippen LogP contribution in [-0.4, -0.2) is 36.1 Å². The van der Waals surface area contributed by atoms with Gasteiger partial charge in [0.15, 0.2) is 0 Å². The standard InChI is InChI=1S/C25H25ClFN5O2/c1-14-13-32-21(24(33)28-2)12-19(23(32)22(29-14)17-11-16(27)7-8-18(17)26)30-25(34)31-10-9-15-5-3-4-6-20(15)31/h3-8,11-12,14,22,29H,9-10,13H2,1-2H3,(H,28,33)(H,30,34). The average Bonchev–Trinajstić information content (AvgIpc) is 3.41. The predicted octanol–water partition coefficient (Wildman–Crippen LogP) is 4.32. The summed E-state index contributed by atoms with van der Waals surface area (Å²) in [7, 11) is 1.56. The number of para-hydroxylation sites is 1. The van der Waals surface area contributed by atoms with Crippen LogP contribution in [-0.2, 0) is 13.0 Å². The molecule has 3 amide bonds. The number of anilines is 2. The number of urea groups is 1. The molecule has 0 saturated carbocycles. The van der Waals surface area contributed by atoms with Crippen molar-refractivity contribution in [3.63, 3.8) is 0 Å². The molecule has 34 heavy (non-hydrogen) atoms. The van der Waals surface area contributed by atoms with Crippen molar-refractivity contribution in [2.45, 2.75) is 32.0 Å². The van der Waals surface area contributed by atoms with E-state index in [0.29, 0.717) is 40.8 Å². The van der Waals surface area contributed by atoms with E-state index in [0.717, 1.165) is 17.7 Å². The van der Waals surface area contributed by atoms with E-state index in [1.54, 1.807) is 18.0 Å². The van der Waals surface area contributed by atoms with E-state index >= 15 is 0 Å². The minimum atomic E-state index is -0.522. The molecule has 3 N–H and O–H groups in total. The molecule has 7 nitrogen and oxygen atoms in total. The normalized spacial score (nSPS) is 18.9. The van der Waals surface area contributed by atoms with Gasteiger partial charge in [0.2, 0.25) is 0 Å². The van der Waals surface area contributed by atoms with Crippen molar-refractivity contribution in [3.05, 3.63) is 81.9 Å². The van der Waals surface area contributed by atoms with Crippen molar-refractivity contribution < 1.29 is 14.0 Å². The highest BCUT2D eigenvalue weighted by Crippen LogP contribution is 2.39. The molecule has 0 fully saturated rings. The third kappa shape index (κ3) is 3.82. The van der Waals surface area contributed by atoms with Gasteiger partial charge in [-0.25, -0.2) is 9.18 Å². The number of carbonyl (C=O) groups excluding carboxylic acids is 2. The van der Waals surface area contributed by atoms with Gasteiger partial charge >= 0.3 is 6.03 Å². The number of nitrogens with zero attached hydrogens (tertiary/aromatic N) is 2. The lowest BCUT2D eigenvalue weighted by Crippen LogP contribution is -2.43. The number of hydrogen-bond donors (Lipinski definition) is 3. The van der Waals surface area contributed by atoms with Gasteiger partial charge in [-0.3, -0.25) is 9.69 Å². The van der Waals surface area contributed by atoms with E-state index < -0.39 is 11.9 Å². The SMILES string of the molecule is CNC(=O)c1cc(NC(=O)N2CCc3ccccc32)c2n1CC(C)NC2c1cc(F)ccc1Cl. The quantitative estimate of drug-likeness (QED) is 0.521. The number of benzene rings is 2. The Morgan fingerprint density at radius 3 is 2.76 bits per heavy atom. The van der Waals surface area contributed by atoms with Gasteiger partial charge in [0, 0.05) is 36.9 Å². The van der Waals surface area contributed by atoms with Crippen LogP contribution in [0.1, 0.15) is 40.3 Å². The van der Waals surface area contributed by atoms with Crippen LogP contribution in [0.15, 0.2) is 48.5 Å². The van der Waals surface area contributed by atoms with Crippen LogP contribution in [0.2, 0.25) is 5.02 Å². The molecular formula is C25H25ClFN5O2. The van der Waals surface area contributed by atoms with E-state index in [1.165, 1.54) is 18.2 Å². The van der Waals surface area contributed by atoms with Crippen molar-refractivity contribution in [1.82, 2.24) is 15.2 Å². The van der Waals surface area contributed by atoms with Crippen LogP contribution in [0.5, 0.6) is 0 Å². The molecule has 0 bridgehead atoms. The summed E-state index contributed by atoms with van der Waals surface area (Å²) in [6.45, 7) is 3.05. The minimum Gasteiger partial charge on any atom is -0.354 e. The zero-order valence-electron chi connectivity index (χ0n) is 18.9. The van der Waals surface area contributed by atoms with Gasteiger partial charge in [0.1, 0.15) is 11.5 Å². The van der Waals surface area contributed by atoms with Crippen LogP contribution in [0.3, 0.4) is 0 Å². The monoisotopic (exact) mass is 481 g/mol. The smallest absolute Gasteiger partial charge is 0.326 e. The van der Waals surface area contributed by atoms with Crippen molar-refractivity contribution >= 4 is 34.9 Å². The molecule has 0 radical (unpaired) electrons. The highest BCUT2D eigenvalue weighted by Gasteiger charge is 2.35. The molecule has 3 heterocycles. The molecule has 0 saturated heterocycles. The van der Waals surface area contributed by atoms with E-state index in [4.69, 9.17) is 11.6 Å². The van der Waals surface area contributed by atoms with Crippen LogP contribution in [0.25, 0.3) is 0 Å². The molecule has 2 atom stereocenters. The van der Waals surface area contributed by atoms with E-state index in [1.807, 2.05) is 35.8 Å². The summed E-state index contributed by atoms with van der Waals surface area (Å²) in [4.78, 5) is 27.7. The van der Waals surface area contributed by atoms with Gasteiger partial charge in [0.05, 0.1) is 17.4 Å². The number of aromatic nitrogens is 1. The number of fused-ring (bicyclic) bond motifs is 2. The van der Waals surface area contributed by atoms with Crippen molar-refractivity contribution in [1.29, 1.82) is 0 Å². The first-order valence-electron chi connectivity index (χ1n) is 11.2. The molecule has 2 aliphatic rings. The molecule has 3 aromatic rings. The Bertz CT molecular complexity index is 1290. The van der Waals surface area contributed by atoms with Gasteiger partial charge in [-0.2, -0.15) is 0 Å². The maximum absolute atomic E-state index is 14.2. The van der Waals surface area contributed by atoms with Crippen LogP contribution in [0.4, 0.5) is 20.6 Å². The third-order valence-electron chi connectivity index (χ3n) is 6.42. The second-order valence-corrected chi connectivity index (χ2v) is 9.05. The van der Waals surface area contributed by atoms with Gasteiger partial charge in [-0.05, 0) is 54.8 Å². The topological polar surface area (TPSA) is 78.4 Å². The van der Waals surface area contributed by atoms with Crippen LogP contribution >= 0.6 is 11.6 Å². The highest BCUT2D eigenvalue weighted by atomic mass is 35.5. The first-order chi connectivity index (χ1) is 16.4. The molecule has 2 aromatic carbocycles. The summed E-state index contributed by atoms with van der Waals surface area (Å²) in [5.41, 5.74) is 4.08. The fourth-order valence-electron chi connectivity index (χ4n) is 4.88. The van der Waals surface area contributed by atoms with Crippen molar-refractivity contribution in [2.24, 2.45) is 0 Å². The van der Waals surface area contributed by atoms with Gasteiger partial charge in [-0.15, -0.1) is 0 Å². The lowest BCUT2D eigenvalue weighted by atomic mass is 9.99. The van der Waals surface area contributed by atoms with Crippen LogP contribution < -0.4 is 20.9 Å². The highest BCUT2D eigenvalue weighted by molar-refractivity contribution is 6.31. The number of nitrogens with one attached hydrogen (secondary N) is 3. The molecule has 176 valence electrons. The zero-order chi connectivity index (χ0) is 24.0. The molecule has 1 aromatic heterocycles. The first-order valence-corrected chi connectivity index (χ1v) is 11.6. The number of carbonyl (C=O) groups is 2. The molecular weight excluding hydrogens is 457 g/mol. The van der Waals surface area contributed by atoms with Gasteiger partial charge in [-0.1, -0.05) is 29.8 Å². The average molecular weight is 482 g/mol. The van der Waals surface area contributed by atoms with Gasteiger partial charge in [0.25, 0.3) is 5.91 Å². The summed E-state index contributed by atoms with van der Waals surface area (Å²) in [6.07, 6.45) is 0.779. The van der Waals surface area contributed by atoms with Crippen molar-refractivity contribution in [2.75, 3.05) is 23.8 Å². The van der Waals surface area contributed by atoms with E-state index in [-0.39, 0.29) is 18.0 Å². The molecule has 2 aliphatic heterocycles. The lowest BCUT2D eigenvalue weighted by Gasteiger charge is -2.33. The Hall–Kier alpha value is -3.36. The Kier molecular flexibility index (Phi) is 5.79. The second kappa shape index (κ2) is 8.77. The zero-order valence-corrected chi connectivity index (χ0v) is 19.6. The summed E-state index contributed by atoms with van der Waals surface area (Å²) < 4.78 is 16.1. The first kappa shape index (κ1) is 22.4. The summed E-state index contributed by atoms with van der Waals surface area (Å²) in [5.74, 6) is -0.685. The summed E-state index contributed by atoms with van der Waals surface area (Å²) >= 11 is 6.47. The molecule has 0 aliphatic carbocycles. The number of hydrogen-bond acceptors (Lipinski definition) is 3. The van der Waals surface area contributed by atoms with Crippen molar-refractivity contribution in [3.8, 4) is 0 Å². The molecule has 0 spiro atoms. The van der Waals surface area contributed by atoms with Gasteiger partial charge < -0.3 is 20.5 Å². The van der Waals surface area contributed by atoms with E-state index in [9.17, 15) is 14.0 Å². The number of rotatable bonds is 3. The fraction of sp³-hybridized carbons (Fsp3) is 0.280.